The lowest BCUT2D eigenvalue weighted by atomic mass is 10.2. The van der Waals surface area contributed by atoms with Gasteiger partial charge in [-0.3, -0.25) is 0 Å². The minimum Gasteiger partial charge on any atom is -0.380 e. The van der Waals surface area contributed by atoms with Crippen LogP contribution in [0.25, 0.3) is 0 Å². The van der Waals surface area contributed by atoms with Crippen LogP contribution in [0.2, 0.25) is 0 Å². The second kappa shape index (κ2) is 6.66. The van der Waals surface area contributed by atoms with Gasteiger partial charge in [0.15, 0.2) is 0 Å². The zero-order chi connectivity index (χ0) is 12.8. The summed E-state index contributed by atoms with van der Waals surface area (Å²) in [4.78, 5) is 10.9. The van der Waals surface area contributed by atoms with Crippen LogP contribution in [0.15, 0.2) is 12.5 Å². The van der Waals surface area contributed by atoms with Gasteiger partial charge in [0, 0.05) is 44.0 Å². The number of ether oxygens (including phenoxy) is 1. The highest BCUT2D eigenvalue weighted by molar-refractivity contribution is 5.45. The Morgan fingerprint density at radius 3 is 3.11 bits per heavy atom. The van der Waals surface area contributed by atoms with E-state index in [0.717, 1.165) is 50.7 Å². The molecule has 2 heterocycles. The van der Waals surface area contributed by atoms with Crippen LogP contribution in [-0.4, -0.2) is 42.3 Å². The Hall–Kier alpha value is -1.20. The number of nitrogens with one attached hydrogen (secondary N) is 1. The molecular formula is C13H22N4O. The average Bonchev–Trinajstić information content (AvgIpc) is 2.65. The smallest absolute Gasteiger partial charge is 0.136 e. The van der Waals surface area contributed by atoms with Crippen LogP contribution in [0.4, 0.5) is 5.82 Å². The molecule has 18 heavy (non-hydrogen) atoms. The number of anilines is 1. The molecule has 0 saturated carbocycles. The second-order valence-corrected chi connectivity index (χ2v) is 4.86. The third kappa shape index (κ3) is 3.65. The van der Waals surface area contributed by atoms with Crippen LogP contribution in [0, 0.1) is 0 Å². The fourth-order valence-corrected chi connectivity index (χ4v) is 2.03. The summed E-state index contributed by atoms with van der Waals surface area (Å²) in [5.74, 6) is 1.05. The van der Waals surface area contributed by atoms with E-state index in [0.29, 0.717) is 6.04 Å². The molecule has 1 aromatic rings. The van der Waals surface area contributed by atoms with E-state index in [1.165, 1.54) is 0 Å². The first-order valence-electron chi connectivity index (χ1n) is 6.62. The Morgan fingerprint density at radius 1 is 1.39 bits per heavy atom. The van der Waals surface area contributed by atoms with Gasteiger partial charge < -0.3 is 15.0 Å². The molecule has 0 amide bonds. The van der Waals surface area contributed by atoms with E-state index in [2.05, 4.69) is 34.0 Å². The van der Waals surface area contributed by atoms with Gasteiger partial charge in [-0.15, -0.1) is 0 Å². The van der Waals surface area contributed by atoms with E-state index >= 15 is 0 Å². The fourth-order valence-electron chi connectivity index (χ4n) is 2.03. The standard InChI is InChI=1S/C13H22N4O/c1-11(2)15-9-12-8-14-10-16-13(12)17-4-3-6-18-7-5-17/h8,10-11,15H,3-7,9H2,1-2H3. The van der Waals surface area contributed by atoms with Crippen LogP contribution in [0.3, 0.4) is 0 Å². The van der Waals surface area contributed by atoms with Crippen molar-refractivity contribution in [1.29, 1.82) is 0 Å². The lowest BCUT2D eigenvalue weighted by molar-refractivity contribution is 0.152. The summed E-state index contributed by atoms with van der Waals surface area (Å²) in [5.41, 5.74) is 1.16. The molecule has 0 aromatic carbocycles. The highest BCUT2D eigenvalue weighted by Crippen LogP contribution is 2.17. The first-order valence-corrected chi connectivity index (χ1v) is 6.62. The van der Waals surface area contributed by atoms with Crippen molar-refractivity contribution >= 4 is 5.82 Å². The summed E-state index contributed by atoms with van der Waals surface area (Å²) in [6.07, 6.45) is 4.59. The Bertz CT molecular complexity index is 362. The summed E-state index contributed by atoms with van der Waals surface area (Å²) >= 11 is 0. The predicted molar refractivity (Wildman–Crippen MR) is 71.7 cm³/mol. The number of rotatable bonds is 4. The number of hydrogen-bond donors (Lipinski definition) is 1. The summed E-state index contributed by atoms with van der Waals surface area (Å²) < 4.78 is 5.48. The molecule has 1 fully saturated rings. The normalized spacial score (nSPS) is 16.9. The van der Waals surface area contributed by atoms with Crippen LogP contribution < -0.4 is 10.2 Å². The van der Waals surface area contributed by atoms with Crippen molar-refractivity contribution in [3.05, 3.63) is 18.1 Å². The molecule has 0 radical (unpaired) electrons. The second-order valence-electron chi connectivity index (χ2n) is 4.86. The molecule has 100 valence electrons. The number of aromatic nitrogens is 2. The van der Waals surface area contributed by atoms with Crippen LogP contribution in [0.5, 0.6) is 0 Å². The molecule has 1 aliphatic rings. The van der Waals surface area contributed by atoms with Crippen molar-refractivity contribution in [2.45, 2.75) is 32.9 Å². The molecule has 5 heteroatoms. The Kier molecular flexibility index (Phi) is 4.90. The van der Waals surface area contributed by atoms with E-state index in [-0.39, 0.29) is 0 Å². The van der Waals surface area contributed by atoms with Gasteiger partial charge in [-0.2, -0.15) is 0 Å². The number of nitrogens with zero attached hydrogens (tertiary/aromatic N) is 3. The van der Waals surface area contributed by atoms with E-state index in [1.807, 2.05) is 6.20 Å². The summed E-state index contributed by atoms with van der Waals surface area (Å²) in [6.45, 7) is 8.64. The molecule has 1 aromatic heterocycles. The molecule has 0 bridgehead atoms. The largest absolute Gasteiger partial charge is 0.380 e. The van der Waals surface area contributed by atoms with Gasteiger partial charge in [-0.05, 0) is 6.42 Å². The monoisotopic (exact) mass is 250 g/mol. The maximum absolute atomic E-state index is 5.48. The third-order valence-corrected chi connectivity index (χ3v) is 2.99. The lowest BCUT2D eigenvalue weighted by Crippen LogP contribution is -2.30. The maximum Gasteiger partial charge on any atom is 0.136 e. The van der Waals surface area contributed by atoms with E-state index in [9.17, 15) is 0 Å². The molecular weight excluding hydrogens is 228 g/mol. The molecule has 0 spiro atoms. The molecule has 1 saturated heterocycles. The van der Waals surface area contributed by atoms with Crippen molar-refractivity contribution in [3.63, 3.8) is 0 Å². The fraction of sp³-hybridized carbons (Fsp3) is 0.692. The van der Waals surface area contributed by atoms with Gasteiger partial charge in [0.05, 0.1) is 6.61 Å². The SMILES string of the molecule is CC(C)NCc1cncnc1N1CCCOCC1. The molecule has 1 N–H and O–H groups in total. The van der Waals surface area contributed by atoms with Gasteiger partial charge in [0.25, 0.3) is 0 Å². The zero-order valence-electron chi connectivity index (χ0n) is 11.2. The Balaban J connectivity index is 2.09. The zero-order valence-corrected chi connectivity index (χ0v) is 11.2. The summed E-state index contributed by atoms with van der Waals surface area (Å²) in [5, 5.41) is 3.42. The van der Waals surface area contributed by atoms with Crippen molar-refractivity contribution < 1.29 is 4.74 Å². The molecule has 1 aliphatic heterocycles. The Labute approximate surface area is 109 Å². The van der Waals surface area contributed by atoms with Crippen molar-refractivity contribution in [1.82, 2.24) is 15.3 Å². The predicted octanol–water partition coefficient (Wildman–Crippen LogP) is 1.20. The van der Waals surface area contributed by atoms with Gasteiger partial charge in [0.1, 0.15) is 12.1 Å². The van der Waals surface area contributed by atoms with Crippen LogP contribution in [-0.2, 0) is 11.3 Å². The molecule has 0 unspecified atom stereocenters. The number of hydrogen-bond acceptors (Lipinski definition) is 5. The van der Waals surface area contributed by atoms with Gasteiger partial charge in [-0.25, -0.2) is 9.97 Å². The Morgan fingerprint density at radius 2 is 2.28 bits per heavy atom. The van der Waals surface area contributed by atoms with Crippen LogP contribution >= 0.6 is 0 Å². The van der Waals surface area contributed by atoms with Crippen molar-refractivity contribution in [2.24, 2.45) is 0 Å². The lowest BCUT2D eigenvalue weighted by Gasteiger charge is -2.23. The molecule has 0 atom stereocenters. The maximum atomic E-state index is 5.48. The van der Waals surface area contributed by atoms with E-state index in [4.69, 9.17) is 4.74 Å². The van der Waals surface area contributed by atoms with Gasteiger partial charge >= 0.3 is 0 Å². The first-order chi connectivity index (χ1) is 8.77. The first kappa shape index (κ1) is 13.2. The average molecular weight is 250 g/mol. The minimum absolute atomic E-state index is 0.463. The minimum atomic E-state index is 0.463. The molecule has 2 rings (SSSR count). The summed E-state index contributed by atoms with van der Waals surface area (Å²) in [6, 6.07) is 0.463. The van der Waals surface area contributed by atoms with Crippen molar-refractivity contribution in [3.8, 4) is 0 Å². The van der Waals surface area contributed by atoms with E-state index < -0.39 is 0 Å². The van der Waals surface area contributed by atoms with E-state index in [1.54, 1.807) is 6.33 Å². The topological polar surface area (TPSA) is 50.3 Å². The highest BCUT2D eigenvalue weighted by Gasteiger charge is 2.15. The molecule has 0 aliphatic carbocycles. The quantitative estimate of drug-likeness (QED) is 0.870. The molecule has 5 nitrogen and oxygen atoms in total. The highest BCUT2D eigenvalue weighted by atomic mass is 16.5. The van der Waals surface area contributed by atoms with Gasteiger partial charge in [0.2, 0.25) is 0 Å². The van der Waals surface area contributed by atoms with Crippen LogP contribution in [0.1, 0.15) is 25.8 Å². The summed E-state index contributed by atoms with van der Waals surface area (Å²) in [7, 11) is 0. The van der Waals surface area contributed by atoms with Gasteiger partial charge in [-0.1, -0.05) is 13.8 Å². The third-order valence-electron chi connectivity index (χ3n) is 2.99. The van der Waals surface area contributed by atoms with Crippen molar-refractivity contribution in [2.75, 3.05) is 31.2 Å².